The number of aromatic hydroxyl groups is 1. The highest BCUT2D eigenvalue weighted by Crippen LogP contribution is 2.36. The highest BCUT2D eigenvalue weighted by atomic mass is 35.5. The van der Waals surface area contributed by atoms with E-state index < -0.39 is 5.97 Å². The van der Waals surface area contributed by atoms with Gasteiger partial charge in [0.05, 0.1) is 7.11 Å². The smallest absolute Gasteiger partial charge is 0.351 e. The van der Waals surface area contributed by atoms with Gasteiger partial charge in [-0.15, -0.1) is 11.3 Å². The van der Waals surface area contributed by atoms with Crippen LogP contribution in [0.2, 0.25) is 5.02 Å². The lowest BCUT2D eigenvalue weighted by atomic mass is 10.00. The molecule has 1 N–H and O–H groups in total. The summed E-state index contributed by atoms with van der Waals surface area (Å²) >= 11 is 7.10. The molecular weight excluding hydrogens is 284 g/mol. The van der Waals surface area contributed by atoms with Gasteiger partial charge in [-0.1, -0.05) is 30.7 Å². The van der Waals surface area contributed by atoms with Gasteiger partial charge in [-0.25, -0.2) is 4.79 Å². The number of halogens is 1. The van der Waals surface area contributed by atoms with Crippen molar-refractivity contribution in [2.45, 2.75) is 12.8 Å². The standard InChI is InChI=1S/C14H13ClO3S/c1-8(9-3-5-10(15)6-4-9)12-7-11(16)13(19-12)14(17)18-2/h3-8,16H,1-2H3. The summed E-state index contributed by atoms with van der Waals surface area (Å²) in [5.41, 5.74) is 1.07. The third-order valence-corrected chi connectivity index (χ3v) is 4.44. The quantitative estimate of drug-likeness (QED) is 0.869. The third kappa shape index (κ3) is 2.91. The largest absolute Gasteiger partial charge is 0.506 e. The number of hydrogen-bond donors (Lipinski definition) is 1. The highest BCUT2D eigenvalue weighted by molar-refractivity contribution is 7.14. The molecule has 2 aromatic rings. The SMILES string of the molecule is COC(=O)c1sc(C(C)c2ccc(Cl)cc2)cc1O. The van der Waals surface area contributed by atoms with Gasteiger partial charge < -0.3 is 9.84 Å². The fourth-order valence-corrected chi connectivity index (χ4v) is 2.94. The maximum Gasteiger partial charge on any atom is 0.351 e. The first kappa shape index (κ1) is 13.9. The minimum atomic E-state index is -0.517. The Morgan fingerprint density at radius 3 is 2.58 bits per heavy atom. The van der Waals surface area contributed by atoms with Crippen molar-refractivity contribution in [3.8, 4) is 5.75 Å². The van der Waals surface area contributed by atoms with Gasteiger partial charge in [-0.3, -0.25) is 0 Å². The number of ether oxygens (including phenoxy) is 1. The van der Waals surface area contributed by atoms with Crippen molar-refractivity contribution in [1.29, 1.82) is 0 Å². The van der Waals surface area contributed by atoms with Gasteiger partial charge in [0.1, 0.15) is 5.75 Å². The maximum absolute atomic E-state index is 11.5. The molecule has 0 aliphatic rings. The summed E-state index contributed by atoms with van der Waals surface area (Å²) in [5, 5.41) is 10.4. The highest BCUT2D eigenvalue weighted by Gasteiger charge is 2.20. The molecule has 0 radical (unpaired) electrons. The van der Waals surface area contributed by atoms with Gasteiger partial charge in [-0.2, -0.15) is 0 Å². The van der Waals surface area contributed by atoms with Crippen LogP contribution in [0.4, 0.5) is 0 Å². The Kier molecular flexibility index (Phi) is 4.12. The summed E-state index contributed by atoms with van der Waals surface area (Å²) in [7, 11) is 1.30. The fourth-order valence-electron chi connectivity index (χ4n) is 1.77. The van der Waals surface area contributed by atoms with Crippen molar-refractivity contribution in [3.63, 3.8) is 0 Å². The van der Waals surface area contributed by atoms with Crippen LogP contribution in [0.5, 0.6) is 5.75 Å². The van der Waals surface area contributed by atoms with Crippen LogP contribution in [0.3, 0.4) is 0 Å². The number of carbonyl (C=O) groups excluding carboxylic acids is 1. The van der Waals surface area contributed by atoms with Crippen molar-refractivity contribution < 1.29 is 14.6 Å². The van der Waals surface area contributed by atoms with Crippen molar-refractivity contribution in [3.05, 3.63) is 50.7 Å². The van der Waals surface area contributed by atoms with Gasteiger partial charge in [0.2, 0.25) is 0 Å². The van der Waals surface area contributed by atoms with Crippen molar-refractivity contribution >= 4 is 28.9 Å². The topological polar surface area (TPSA) is 46.5 Å². The number of esters is 1. The van der Waals surface area contributed by atoms with Gasteiger partial charge in [0, 0.05) is 15.8 Å². The van der Waals surface area contributed by atoms with Crippen LogP contribution in [-0.2, 0) is 4.74 Å². The van der Waals surface area contributed by atoms with E-state index in [4.69, 9.17) is 11.6 Å². The molecule has 0 aliphatic heterocycles. The summed E-state index contributed by atoms with van der Waals surface area (Å²) in [5.74, 6) is -0.476. The zero-order valence-electron chi connectivity index (χ0n) is 10.5. The van der Waals surface area contributed by atoms with E-state index in [0.717, 1.165) is 10.4 Å². The molecule has 1 heterocycles. The number of carbonyl (C=O) groups is 1. The molecule has 0 saturated heterocycles. The summed E-state index contributed by atoms with van der Waals surface area (Å²) in [4.78, 5) is 12.6. The second-order valence-corrected chi connectivity index (χ2v) is 5.65. The zero-order valence-corrected chi connectivity index (χ0v) is 12.1. The number of benzene rings is 1. The molecule has 19 heavy (non-hydrogen) atoms. The molecule has 0 fully saturated rings. The van der Waals surface area contributed by atoms with Gasteiger partial charge in [-0.05, 0) is 23.8 Å². The lowest BCUT2D eigenvalue weighted by Crippen LogP contribution is -1.97. The Hall–Kier alpha value is -1.52. The molecular formula is C14H13ClO3S. The van der Waals surface area contributed by atoms with Crippen molar-refractivity contribution in [2.75, 3.05) is 7.11 Å². The van der Waals surface area contributed by atoms with E-state index in [-0.39, 0.29) is 16.5 Å². The van der Waals surface area contributed by atoms with E-state index in [1.165, 1.54) is 18.4 Å². The van der Waals surface area contributed by atoms with Crippen LogP contribution in [0.25, 0.3) is 0 Å². The van der Waals surface area contributed by atoms with E-state index >= 15 is 0 Å². The number of hydrogen-bond acceptors (Lipinski definition) is 4. The molecule has 5 heteroatoms. The van der Waals surface area contributed by atoms with Crippen LogP contribution in [0, 0.1) is 0 Å². The Morgan fingerprint density at radius 2 is 2.00 bits per heavy atom. The van der Waals surface area contributed by atoms with Gasteiger partial charge >= 0.3 is 5.97 Å². The van der Waals surface area contributed by atoms with E-state index in [0.29, 0.717) is 5.02 Å². The number of thiophene rings is 1. The normalized spacial score (nSPS) is 12.2. The molecule has 0 aliphatic carbocycles. The van der Waals surface area contributed by atoms with Crippen LogP contribution < -0.4 is 0 Å². The van der Waals surface area contributed by atoms with Crippen molar-refractivity contribution in [1.82, 2.24) is 0 Å². The summed E-state index contributed by atoms with van der Waals surface area (Å²) in [6, 6.07) is 9.11. The molecule has 3 nitrogen and oxygen atoms in total. The van der Waals surface area contributed by atoms with Crippen LogP contribution in [-0.4, -0.2) is 18.2 Å². The molecule has 100 valence electrons. The molecule has 0 amide bonds. The second kappa shape index (κ2) is 5.63. The Balaban J connectivity index is 2.31. The first-order valence-electron chi connectivity index (χ1n) is 5.69. The number of rotatable bonds is 3. The maximum atomic E-state index is 11.5. The van der Waals surface area contributed by atoms with Crippen LogP contribution in [0.15, 0.2) is 30.3 Å². The first-order valence-corrected chi connectivity index (χ1v) is 6.89. The first-order chi connectivity index (χ1) is 9.02. The molecule has 0 bridgehead atoms. The summed E-state index contributed by atoms with van der Waals surface area (Å²) in [6.07, 6.45) is 0. The zero-order chi connectivity index (χ0) is 14.0. The summed E-state index contributed by atoms with van der Waals surface area (Å²) in [6.45, 7) is 2.01. The third-order valence-electron chi connectivity index (χ3n) is 2.90. The van der Waals surface area contributed by atoms with Gasteiger partial charge in [0.15, 0.2) is 4.88 Å². The minimum Gasteiger partial charge on any atom is -0.506 e. The fraction of sp³-hybridized carbons (Fsp3) is 0.214. The molecule has 1 atom stereocenters. The molecule has 1 aromatic carbocycles. The monoisotopic (exact) mass is 296 g/mol. The van der Waals surface area contributed by atoms with Crippen LogP contribution >= 0.6 is 22.9 Å². The van der Waals surface area contributed by atoms with E-state index in [1.54, 1.807) is 6.07 Å². The molecule has 1 unspecified atom stereocenters. The minimum absolute atomic E-state index is 0.0346. The van der Waals surface area contributed by atoms with E-state index in [2.05, 4.69) is 4.74 Å². The molecule has 0 spiro atoms. The second-order valence-electron chi connectivity index (χ2n) is 4.13. The average Bonchev–Trinajstić information content (AvgIpc) is 2.80. The predicted octanol–water partition coefficient (Wildman–Crippen LogP) is 4.05. The Bertz CT molecular complexity index is 589. The Morgan fingerprint density at radius 1 is 1.37 bits per heavy atom. The van der Waals surface area contributed by atoms with E-state index in [9.17, 15) is 9.90 Å². The molecule has 1 aromatic heterocycles. The Labute approximate surface area is 120 Å². The molecule has 2 rings (SSSR count). The van der Waals surface area contributed by atoms with E-state index in [1.807, 2.05) is 31.2 Å². The lowest BCUT2D eigenvalue weighted by molar-refractivity contribution is 0.0603. The lowest BCUT2D eigenvalue weighted by Gasteiger charge is -2.09. The molecule has 0 saturated carbocycles. The average molecular weight is 297 g/mol. The van der Waals surface area contributed by atoms with Crippen molar-refractivity contribution in [2.24, 2.45) is 0 Å². The number of methoxy groups -OCH3 is 1. The van der Waals surface area contributed by atoms with Gasteiger partial charge in [0.25, 0.3) is 0 Å². The predicted molar refractivity (Wildman–Crippen MR) is 76.3 cm³/mol. The van der Waals surface area contributed by atoms with Crippen LogP contribution in [0.1, 0.15) is 33.0 Å². The summed E-state index contributed by atoms with van der Waals surface area (Å²) < 4.78 is 4.63.